The van der Waals surface area contributed by atoms with Crippen molar-refractivity contribution in [2.24, 2.45) is 0 Å². The highest BCUT2D eigenvalue weighted by atomic mass is 16.5. The van der Waals surface area contributed by atoms with Crippen LogP contribution >= 0.6 is 0 Å². The smallest absolute Gasteiger partial charge is 0.289 e. The molecule has 1 aliphatic rings. The number of aromatic amines is 1. The van der Waals surface area contributed by atoms with Gasteiger partial charge in [0.2, 0.25) is 0 Å². The molecule has 5 nitrogen and oxygen atoms in total. The van der Waals surface area contributed by atoms with Crippen LogP contribution < -0.4 is 0 Å². The normalized spacial score (nSPS) is 20.1. The molecule has 2 rings (SSSR count). The molecule has 0 aromatic carbocycles. The second kappa shape index (κ2) is 6.00. The monoisotopic (exact) mass is 251 g/mol. The summed E-state index contributed by atoms with van der Waals surface area (Å²) in [6.45, 7) is 6.24. The van der Waals surface area contributed by atoms with Gasteiger partial charge in [0.15, 0.2) is 5.82 Å². The van der Waals surface area contributed by atoms with Gasteiger partial charge in [0.05, 0.1) is 6.10 Å². The molecule has 5 heteroatoms. The number of nitrogens with zero attached hydrogens (tertiary/aromatic N) is 2. The van der Waals surface area contributed by atoms with Crippen molar-refractivity contribution in [1.82, 2.24) is 14.9 Å². The quantitative estimate of drug-likeness (QED) is 0.887. The number of hydrogen-bond donors (Lipinski definition) is 1. The number of aryl methyl sites for hydroxylation is 1. The molecule has 1 aromatic rings. The number of aromatic nitrogens is 2. The highest BCUT2D eigenvalue weighted by Gasteiger charge is 2.26. The van der Waals surface area contributed by atoms with Gasteiger partial charge in [-0.05, 0) is 26.2 Å². The number of nitrogens with one attached hydrogen (secondary N) is 1. The zero-order valence-corrected chi connectivity index (χ0v) is 11.1. The molecule has 1 aliphatic heterocycles. The van der Waals surface area contributed by atoms with Crippen LogP contribution in [0, 0.1) is 6.92 Å². The van der Waals surface area contributed by atoms with E-state index in [4.69, 9.17) is 4.74 Å². The van der Waals surface area contributed by atoms with E-state index in [1.165, 1.54) is 0 Å². The maximum atomic E-state index is 12.2. The van der Waals surface area contributed by atoms with Gasteiger partial charge in [-0.3, -0.25) is 4.79 Å². The van der Waals surface area contributed by atoms with E-state index in [1.54, 1.807) is 6.20 Å². The Morgan fingerprint density at radius 2 is 2.50 bits per heavy atom. The Morgan fingerprint density at radius 1 is 1.67 bits per heavy atom. The number of carbonyl (C=O) groups is 1. The van der Waals surface area contributed by atoms with Gasteiger partial charge in [0.1, 0.15) is 0 Å². The highest BCUT2D eigenvalue weighted by Crippen LogP contribution is 2.15. The standard InChI is InChI=1S/C13H21N3O2/c1-3-7-18-11-5-4-6-16(9-11)13(17)12-14-8-10(2)15-12/h8,11H,3-7,9H2,1-2H3,(H,14,15)/t11-/m0/s1. The molecule has 100 valence electrons. The first kappa shape index (κ1) is 13.1. The number of carbonyl (C=O) groups excluding carboxylic acids is 1. The summed E-state index contributed by atoms with van der Waals surface area (Å²) in [6, 6.07) is 0. The van der Waals surface area contributed by atoms with Crippen LogP contribution in [0.15, 0.2) is 6.20 Å². The van der Waals surface area contributed by atoms with Gasteiger partial charge in [0, 0.05) is 31.6 Å². The van der Waals surface area contributed by atoms with Gasteiger partial charge in [-0.25, -0.2) is 4.98 Å². The van der Waals surface area contributed by atoms with Crippen molar-refractivity contribution < 1.29 is 9.53 Å². The molecule has 2 heterocycles. The van der Waals surface area contributed by atoms with E-state index in [1.807, 2.05) is 11.8 Å². The topological polar surface area (TPSA) is 58.2 Å². The number of piperidine rings is 1. The largest absolute Gasteiger partial charge is 0.376 e. The van der Waals surface area contributed by atoms with Crippen molar-refractivity contribution in [3.8, 4) is 0 Å². The van der Waals surface area contributed by atoms with Crippen molar-refractivity contribution in [3.63, 3.8) is 0 Å². The van der Waals surface area contributed by atoms with E-state index in [2.05, 4.69) is 16.9 Å². The zero-order chi connectivity index (χ0) is 13.0. The number of imidazole rings is 1. The van der Waals surface area contributed by atoms with E-state index in [-0.39, 0.29) is 12.0 Å². The molecule has 0 radical (unpaired) electrons. The fraction of sp³-hybridized carbons (Fsp3) is 0.692. The number of likely N-dealkylation sites (tertiary alicyclic amines) is 1. The Balaban J connectivity index is 1.94. The molecule has 0 unspecified atom stereocenters. The lowest BCUT2D eigenvalue weighted by atomic mass is 10.1. The van der Waals surface area contributed by atoms with E-state index in [0.717, 1.165) is 38.1 Å². The van der Waals surface area contributed by atoms with Crippen LogP contribution in [0.2, 0.25) is 0 Å². The number of rotatable bonds is 4. The zero-order valence-electron chi connectivity index (χ0n) is 11.1. The minimum Gasteiger partial charge on any atom is -0.376 e. The molecule has 18 heavy (non-hydrogen) atoms. The minimum atomic E-state index is -0.0205. The number of amides is 1. The maximum absolute atomic E-state index is 12.2. The predicted octanol–water partition coefficient (Wildman–Crippen LogP) is 1.75. The van der Waals surface area contributed by atoms with Gasteiger partial charge in [-0.1, -0.05) is 6.92 Å². The summed E-state index contributed by atoms with van der Waals surface area (Å²) >= 11 is 0. The summed E-state index contributed by atoms with van der Waals surface area (Å²) in [5, 5.41) is 0. The molecule has 0 bridgehead atoms. The first-order valence-corrected chi connectivity index (χ1v) is 6.63. The average Bonchev–Trinajstić information content (AvgIpc) is 2.82. The molecular weight excluding hydrogens is 230 g/mol. The summed E-state index contributed by atoms with van der Waals surface area (Å²) in [4.78, 5) is 21.1. The van der Waals surface area contributed by atoms with Crippen molar-refractivity contribution in [2.75, 3.05) is 19.7 Å². The van der Waals surface area contributed by atoms with Crippen LogP contribution in [0.3, 0.4) is 0 Å². The summed E-state index contributed by atoms with van der Waals surface area (Å²) in [6.07, 6.45) is 4.92. The van der Waals surface area contributed by atoms with Gasteiger partial charge in [-0.15, -0.1) is 0 Å². The Bertz CT molecular complexity index is 403. The van der Waals surface area contributed by atoms with Crippen LogP contribution in [0.1, 0.15) is 42.5 Å². The number of hydrogen-bond acceptors (Lipinski definition) is 3. The van der Waals surface area contributed by atoms with Crippen molar-refractivity contribution >= 4 is 5.91 Å². The van der Waals surface area contributed by atoms with Crippen LogP contribution in [-0.4, -0.2) is 46.6 Å². The third-order valence-corrected chi connectivity index (χ3v) is 3.13. The molecule has 1 aromatic heterocycles. The van der Waals surface area contributed by atoms with Crippen molar-refractivity contribution in [2.45, 2.75) is 39.2 Å². The molecule has 0 spiro atoms. The second-order valence-corrected chi connectivity index (χ2v) is 4.80. The maximum Gasteiger partial charge on any atom is 0.289 e. The van der Waals surface area contributed by atoms with E-state index in [0.29, 0.717) is 12.4 Å². The Kier molecular flexibility index (Phi) is 4.36. The highest BCUT2D eigenvalue weighted by molar-refractivity contribution is 5.90. The van der Waals surface area contributed by atoms with Crippen molar-refractivity contribution in [1.29, 1.82) is 0 Å². The SMILES string of the molecule is CCCO[C@H]1CCCN(C(=O)c2ncc(C)[nH]2)C1. The number of H-pyrrole nitrogens is 1. The third kappa shape index (κ3) is 3.10. The summed E-state index contributed by atoms with van der Waals surface area (Å²) in [7, 11) is 0. The lowest BCUT2D eigenvalue weighted by molar-refractivity contribution is 0.00175. The Hall–Kier alpha value is -1.36. The molecule has 1 saturated heterocycles. The van der Waals surface area contributed by atoms with Crippen molar-refractivity contribution in [3.05, 3.63) is 17.7 Å². The summed E-state index contributed by atoms with van der Waals surface area (Å²) < 4.78 is 5.73. The predicted molar refractivity (Wildman–Crippen MR) is 68.5 cm³/mol. The molecular formula is C13H21N3O2. The van der Waals surface area contributed by atoms with Gasteiger partial charge in [0.25, 0.3) is 5.91 Å². The lowest BCUT2D eigenvalue weighted by Gasteiger charge is -2.32. The number of ether oxygens (including phenoxy) is 1. The molecule has 0 aliphatic carbocycles. The minimum absolute atomic E-state index is 0.0205. The van der Waals surface area contributed by atoms with Gasteiger partial charge in [-0.2, -0.15) is 0 Å². The molecule has 1 amide bonds. The molecule has 1 fully saturated rings. The van der Waals surface area contributed by atoms with E-state index < -0.39 is 0 Å². The third-order valence-electron chi connectivity index (χ3n) is 3.13. The second-order valence-electron chi connectivity index (χ2n) is 4.80. The first-order valence-electron chi connectivity index (χ1n) is 6.63. The van der Waals surface area contributed by atoms with Crippen LogP contribution in [-0.2, 0) is 4.74 Å². The van der Waals surface area contributed by atoms with Crippen LogP contribution in [0.4, 0.5) is 0 Å². The fourth-order valence-electron chi connectivity index (χ4n) is 2.21. The van der Waals surface area contributed by atoms with E-state index in [9.17, 15) is 4.79 Å². The Labute approximate surface area is 108 Å². The molecule has 1 atom stereocenters. The first-order chi connectivity index (χ1) is 8.70. The van der Waals surface area contributed by atoms with Gasteiger partial charge >= 0.3 is 0 Å². The van der Waals surface area contributed by atoms with Gasteiger partial charge < -0.3 is 14.6 Å². The Morgan fingerprint density at radius 3 is 3.17 bits per heavy atom. The molecule has 0 saturated carbocycles. The lowest BCUT2D eigenvalue weighted by Crippen LogP contribution is -2.43. The average molecular weight is 251 g/mol. The summed E-state index contributed by atoms with van der Waals surface area (Å²) in [5.41, 5.74) is 0.911. The van der Waals surface area contributed by atoms with Crippen LogP contribution in [0.5, 0.6) is 0 Å². The summed E-state index contributed by atoms with van der Waals surface area (Å²) in [5.74, 6) is 0.413. The molecule has 1 N–H and O–H groups in total. The van der Waals surface area contributed by atoms with E-state index >= 15 is 0 Å². The van der Waals surface area contributed by atoms with Crippen LogP contribution in [0.25, 0.3) is 0 Å². The fourth-order valence-corrected chi connectivity index (χ4v) is 2.21.